The van der Waals surface area contributed by atoms with Gasteiger partial charge in [0.25, 0.3) is 0 Å². The second-order valence-corrected chi connectivity index (χ2v) is 5.37. The third-order valence-corrected chi connectivity index (χ3v) is 2.72. The van der Waals surface area contributed by atoms with Crippen molar-refractivity contribution in [1.82, 2.24) is 19.7 Å². The summed E-state index contributed by atoms with van der Waals surface area (Å²) in [5.74, 6) is 0. The van der Waals surface area contributed by atoms with E-state index in [4.69, 9.17) is 11.6 Å². The normalized spacial score (nSPS) is 11.8. The van der Waals surface area contributed by atoms with E-state index in [9.17, 15) is 0 Å². The van der Waals surface area contributed by atoms with Crippen LogP contribution in [0.25, 0.3) is 11.3 Å². The maximum absolute atomic E-state index is 6.08. The van der Waals surface area contributed by atoms with E-state index in [1.165, 1.54) is 0 Å². The molecule has 0 aromatic carbocycles. The van der Waals surface area contributed by atoms with Crippen LogP contribution in [0.3, 0.4) is 0 Å². The Morgan fingerprint density at radius 2 is 1.82 bits per heavy atom. The first kappa shape index (κ1) is 12.0. The minimum atomic E-state index is -0.0581. The van der Waals surface area contributed by atoms with E-state index in [0.29, 0.717) is 10.8 Å². The van der Waals surface area contributed by atoms with Gasteiger partial charge in [0, 0.05) is 36.6 Å². The Kier molecular flexibility index (Phi) is 2.91. The Hall–Kier alpha value is -1.42. The standard InChI is InChI=1S/C12H15ClN4/c1-12(2,3)10-8(7-17(4)16-10)9-11(13)15-6-5-14-9/h5-7H,1-4H3. The smallest absolute Gasteiger partial charge is 0.155 e. The molecule has 2 aromatic rings. The Morgan fingerprint density at radius 3 is 2.41 bits per heavy atom. The Morgan fingerprint density at radius 1 is 1.18 bits per heavy atom. The van der Waals surface area contributed by atoms with Crippen LogP contribution >= 0.6 is 11.6 Å². The molecule has 5 heteroatoms. The van der Waals surface area contributed by atoms with Crippen molar-refractivity contribution in [1.29, 1.82) is 0 Å². The summed E-state index contributed by atoms with van der Waals surface area (Å²) in [6.07, 6.45) is 5.15. The zero-order chi connectivity index (χ0) is 12.6. The first-order valence-electron chi connectivity index (χ1n) is 5.40. The summed E-state index contributed by atoms with van der Waals surface area (Å²) < 4.78 is 1.78. The lowest BCUT2D eigenvalue weighted by atomic mass is 9.89. The monoisotopic (exact) mass is 250 g/mol. The van der Waals surface area contributed by atoms with Gasteiger partial charge in [-0.1, -0.05) is 32.4 Å². The van der Waals surface area contributed by atoms with Crippen molar-refractivity contribution in [3.05, 3.63) is 29.4 Å². The molecule has 4 nitrogen and oxygen atoms in total. The molecule has 0 atom stereocenters. The van der Waals surface area contributed by atoms with Crippen LogP contribution in [0.5, 0.6) is 0 Å². The SMILES string of the molecule is Cn1cc(-c2nccnc2Cl)c(C(C)(C)C)n1. The summed E-state index contributed by atoms with van der Waals surface area (Å²) in [5.41, 5.74) is 2.55. The first-order valence-corrected chi connectivity index (χ1v) is 5.78. The fourth-order valence-electron chi connectivity index (χ4n) is 1.72. The Labute approximate surface area is 106 Å². The minimum absolute atomic E-state index is 0.0581. The van der Waals surface area contributed by atoms with Gasteiger partial charge in [-0.05, 0) is 0 Å². The molecule has 0 unspecified atom stereocenters. The van der Waals surface area contributed by atoms with Gasteiger partial charge in [0.1, 0.15) is 5.69 Å². The zero-order valence-electron chi connectivity index (χ0n) is 10.4. The van der Waals surface area contributed by atoms with Gasteiger partial charge in [-0.15, -0.1) is 0 Å². The molecule has 0 radical (unpaired) electrons. The Balaban J connectivity index is 2.64. The molecule has 0 saturated carbocycles. The summed E-state index contributed by atoms with van der Waals surface area (Å²) in [4.78, 5) is 8.34. The van der Waals surface area contributed by atoms with Crippen LogP contribution in [0.15, 0.2) is 18.6 Å². The van der Waals surface area contributed by atoms with Gasteiger partial charge in [0.05, 0.1) is 5.69 Å². The van der Waals surface area contributed by atoms with E-state index in [2.05, 4.69) is 35.8 Å². The molecule has 0 amide bonds. The first-order chi connectivity index (χ1) is 7.89. The lowest BCUT2D eigenvalue weighted by molar-refractivity contribution is 0.554. The van der Waals surface area contributed by atoms with Crippen LogP contribution in [0, 0.1) is 0 Å². The molecule has 2 rings (SSSR count). The molecule has 0 spiro atoms. The van der Waals surface area contributed by atoms with E-state index in [1.54, 1.807) is 17.1 Å². The summed E-state index contributed by atoms with van der Waals surface area (Å²) in [6, 6.07) is 0. The van der Waals surface area contributed by atoms with Crippen LogP contribution in [0.2, 0.25) is 5.15 Å². The van der Waals surface area contributed by atoms with Gasteiger partial charge < -0.3 is 0 Å². The molecule has 2 aromatic heterocycles. The molecule has 0 fully saturated rings. The van der Waals surface area contributed by atoms with Gasteiger partial charge in [-0.25, -0.2) is 4.98 Å². The van der Waals surface area contributed by atoms with E-state index in [0.717, 1.165) is 11.3 Å². The van der Waals surface area contributed by atoms with Gasteiger partial charge >= 0.3 is 0 Å². The van der Waals surface area contributed by atoms with Crippen LogP contribution in [0.4, 0.5) is 0 Å². The molecule has 17 heavy (non-hydrogen) atoms. The van der Waals surface area contributed by atoms with Crippen molar-refractivity contribution in [2.45, 2.75) is 26.2 Å². The van der Waals surface area contributed by atoms with Gasteiger partial charge in [0.2, 0.25) is 0 Å². The predicted octanol–water partition coefficient (Wildman–Crippen LogP) is 2.83. The molecule has 0 aliphatic heterocycles. The summed E-state index contributed by atoms with van der Waals surface area (Å²) >= 11 is 6.08. The average Bonchev–Trinajstić information content (AvgIpc) is 2.60. The molecule has 2 heterocycles. The van der Waals surface area contributed by atoms with Crippen molar-refractivity contribution in [3.63, 3.8) is 0 Å². The topological polar surface area (TPSA) is 43.6 Å². The van der Waals surface area contributed by atoms with E-state index in [-0.39, 0.29) is 5.41 Å². The second-order valence-electron chi connectivity index (χ2n) is 5.01. The number of aromatic nitrogens is 4. The third kappa shape index (κ3) is 2.31. The molecule has 0 aliphatic carbocycles. The third-order valence-electron chi connectivity index (χ3n) is 2.45. The number of aryl methyl sites for hydroxylation is 1. The molecular formula is C12H15ClN4. The van der Waals surface area contributed by atoms with Gasteiger partial charge in [-0.2, -0.15) is 5.10 Å². The highest BCUT2D eigenvalue weighted by molar-refractivity contribution is 6.31. The molecular weight excluding hydrogens is 236 g/mol. The summed E-state index contributed by atoms with van der Waals surface area (Å²) in [7, 11) is 1.89. The quantitative estimate of drug-likeness (QED) is 0.782. The van der Waals surface area contributed by atoms with Crippen molar-refractivity contribution >= 4 is 11.6 Å². The highest BCUT2D eigenvalue weighted by atomic mass is 35.5. The fourth-order valence-corrected chi connectivity index (χ4v) is 1.92. The van der Waals surface area contributed by atoms with Crippen LogP contribution in [-0.2, 0) is 12.5 Å². The number of halogens is 1. The van der Waals surface area contributed by atoms with E-state index in [1.807, 2.05) is 13.2 Å². The van der Waals surface area contributed by atoms with Crippen molar-refractivity contribution in [2.75, 3.05) is 0 Å². The largest absolute Gasteiger partial charge is 0.275 e. The molecule has 0 bridgehead atoms. The molecule has 0 aliphatic rings. The Bertz CT molecular complexity index is 540. The van der Waals surface area contributed by atoms with Crippen molar-refractivity contribution < 1.29 is 0 Å². The van der Waals surface area contributed by atoms with E-state index < -0.39 is 0 Å². The zero-order valence-corrected chi connectivity index (χ0v) is 11.2. The van der Waals surface area contributed by atoms with Crippen molar-refractivity contribution in [3.8, 4) is 11.3 Å². The predicted molar refractivity (Wildman–Crippen MR) is 67.9 cm³/mol. The number of hydrogen-bond acceptors (Lipinski definition) is 3. The second kappa shape index (κ2) is 4.11. The molecule has 0 N–H and O–H groups in total. The molecule has 0 saturated heterocycles. The van der Waals surface area contributed by atoms with E-state index >= 15 is 0 Å². The summed E-state index contributed by atoms with van der Waals surface area (Å²) in [5, 5.41) is 4.90. The maximum Gasteiger partial charge on any atom is 0.155 e. The fraction of sp³-hybridized carbons (Fsp3) is 0.417. The molecule has 90 valence electrons. The van der Waals surface area contributed by atoms with Crippen LogP contribution < -0.4 is 0 Å². The highest BCUT2D eigenvalue weighted by Crippen LogP contribution is 2.33. The lowest BCUT2D eigenvalue weighted by Gasteiger charge is -2.17. The van der Waals surface area contributed by atoms with Crippen LogP contribution in [-0.4, -0.2) is 19.7 Å². The lowest BCUT2D eigenvalue weighted by Crippen LogP contribution is -2.14. The number of nitrogens with zero attached hydrogens (tertiary/aromatic N) is 4. The maximum atomic E-state index is 6.08. The summed E-state index contributed by atoms with van der Waals surface area (Å²) in [6.45, 7) is 6.34. The van der Waals surface area contributed by atoms with Gasteiger partial charge in [0.15, 0.2) is 5.15 Å². The average molecular weight is 251 g/mol. The highest BCUT2D eigenvalue weighted by Gasteiger charge is 2.24. The van der Waals surface area contributed by atoms with Crippen LogP contribution in [0.1, 0.15) is 26.5 Å². The van der Waals surface area contributed by atoms with Gasteiger partial charge in [-0.3, -0.25) is 9.67 Å². The number of hydrogen-bond donors (Lipinski definition) is 0. The number of rotatable bonds is 1. The minimum Gasteiger partial charge on any atom is -0.275 e. The van der Waals surface area contributed by atoms with Crippen molar-refractivity contribution in [2.24, 2.45) is 7.05 Å².